The molecule has 0 aromatic heterocycles. The number of aromatic hydroxyl groups is 1. The first-order valence-corrected chi connectivity index (χ1v) is 4.05. The lowest BCUT2D eigenvalue weighted by atomic mass is 9.96. The minimum atomic E-state index is -0.147. The van der Waals surface area contributed by atoms with Gasteiger partial charge in [0.1, 0.15) is 5.75 Å². The van der Waals surface area contributed by atoms with Gasteiger partial charge in [-0.05, 0) is 18.9 Å². The molecule has 1 N–H and O–H groups in total. The van der Waals surface area contributed by atoms with Crippen molar-refractivity contribution in [2.75, 3.05) is 0 Å². The summed E-state index contributed by atoms with van der Waals surface area (Å²) in [5, 5.41) is 9.52. The lowest BCUT2D eigenvalue weighted by molar-refractivity contribution is 0.465. The molecule has 1 fully saturated rings. The monoisotopic (exact) mass is 158 g/mol. The van der Waals surface area contributed by atoms with Crippen molar-refractivity contribution >= 4 is 0 Å². The number of phenolic OH excluding ortho intramolecular Hbond substituents is 1. The van der Waals surface area contributed by atoms with Crippen LogP contribution in [-0.2, 0) is 5.41 Å². The number of benzene rings is 1. The van der Waals surface area contributed by atoms with Crippen molar-refractivity contribution in [3.05, 3.63) is 29.8 Å². The molecule has 0 saturated heterocycles. The van der Waals surface area contributed by atoms with E-state index in [4.69, 9.17) is 6.42 Å². The highest BCUT2D eigenvalue weighted by molar-refractivity contribution is 5.48. The summed E-state index contributed by atoms with van der Waals surface area (Å²) in [4.78, 5) is 0. The Bertz CT molecular complexity index is 342. The van der Waals surface area contributed by atoms with Crippen LogP contribution in [0.3, 0.4) is 0 Å². The molecule has 0 unspecified atom stereocenters. The van der Waals surface area contributed by atoms with Crippen LogP contribution in [0.1, 0.15) is 18.4 Å². The fourth-order valence-corrected chi connectivity index (χ4v) is 1.49. The Morgan fingerprint density at radius 3 is 2.50 bits per heavy atom. The molecular weight excluding hydrogens is 148 g/mol. The Labute approximate surface area is 72.0 Å². The summed E-state index contributed by atoms with van der Waals surface area (Å²) in [7, 11) is 0. The molecule has 0 radical (unpaired) electrons. The third kappa shape index (κ3) is 0.887. The molecule has 12 heavy (non-hydrogen) atoms. The topological polar surface area (TPSA) is 20.2 Å². The molecule has 0 aliphatic heterocycles. The predicted molar refractivity (Wildman–Crippen MR) is 47.9 cm³/mol. The number of terminal acetylenes is 1. The fourth-order valence-electron chi connectivity index (χ4n) is 1.49. The van der Waals surface area contributed by atoms with Crippen molar-refractivity contribution in [2.45, 2.75) is 18.3 Å². The number of hydrogen-bond acceptors (Lipinski definition) is 1. The molecule has 1 nitrogen and oxygen atoms in total. The summed E-state index contributed by atoms with van der Waals surface area (Å²) < 4.78 is 0. The average Bonchev–Trinajstić information content (AvgIpc) is 2.86. The second-order valence-corrected chi connectivity index (χ2v) is 3.24. The van der Waals surface area contributed by atoms with Crippen molar-refractivity contribution in [3.63, 3.8) is 0 Å². The Hall–Kier alpha value is -1.42. The van der Waals surface area contributed by atoms with Gasteiger partial charge < -0.3 is 5.11 Å². The van der Waals surface area contributed by atoms with Crippen LogP contribution in [0.25, 0.3) is 0 Å². The van der Waals surface area contributed by atoms with Crippen LogP contribution in [0.5, 0.6) is 5.75 Å². The summed E-state index contributed by atoms with van der Waals surface area (Å²) in [5.41, 5.74) is 0.762. The van der Waals surface area contributed by atoms with Gasteiger partial charge in [-0.3, -0.25) is 0 Å². The van der Waals surface area contributed by atoms with Gasteiger partial charge in [-0.1, -0.05) is 24.1 Å². The molecule has 1 aromatic carbocycles. The Morgan fingerprint density at radius 2 is 2.00 bits per heavy atom. The lowest BCUT2D eigenvalue weighted by Crippen LogP contribution is -2.01. The van der Waals surface area contributed by atoms with Crippen LogP contribution < -0.4 is 0 Å². The smallest absolute Gasteiger partial charge is 0.120 e. The van der Waals surface area contributed by atoms with Gasteiger partial charge in [-0.25, -0.2) is 0 Å². The minimum Gasteiger partial charge on any atom is -0.508 e. The van der Waals surface area contributed by atoms with E-state index in [1.165, 1.54) is 0 Å². The summed E-state index contributed by atoms with van der Waals surface area (Å²) in [6.07, 6.45) is 7.41. The van der Waals surface area contributed by atoms with E-state index < -0.39 is 0 Å². The molecule has 1 aliphatic rings. The number of phenols is 1. The number of para-hydroxylation sites is 1. The average molecular weight is 158 g/mol. The van der Waals surface area contributed by atoms with E-state index in [0.29, 0.717) is 5.75 Å². The standard InChI is InChI=1S/C11H10O/c1-2-11(7-8-11)9-5-3-4-6-10(9)12/h1,3-6,12H,7-8H2. The molecule has 0 amide bonds. The molecule has 0 spiro atoms. The van der Waals surface area contributed by atoms with E-state index in [9.17, 15) is 5.11 Å². The highest BCUT2D eigenvalue weighted by Gasteiger charge is 2.44. The maximum absolute atomic E-state index is 9.52. The summed E-state index contributed by atoms with van der Waals surface area (Å²) in [6, 6.07) is 7.31. The molecule has 1 aromatic rings. The quantitative estimate of drug-likeness (QED) is 0.620. The van der Waals surface area contributed by atoms with E-state index in [1.807, 2.05) is 18.2 Å². The normalized spacial score (nSPS) is 18.2. The first-order valence-electron chi connectivity index (χ1n) is 4.05. The van der Waals surface area contributed by atoms with Gasteiger partial charge in [0, 0.05) is 5.56 Å². The second kappa shape index (κ2) is 2.28. The highest BCUT2D eigenvalue weighted by atomic mass is 16.3. The molecule has 60 valence electrons. The summed E-state index contributed by atoms with van der Waals surface area (Å²) in [6.45, 7) is 0. The third-order valence-electron chi connectivity index (χ3n) is 2.45. The van der Waals surface area contributed by atoms with Crippen molar-refractivity contribution in [3.8, 4) is 18.1 Å². The van der Waals surface area contributed by atoms with Crippen molar-refractivity contribution in [1.82, 2.24) is 0 Å². The first-order chi connectivity index (χ1) is 5.78. The Kier molecular flexibility index (Phi) is 1.38. The number of hydrogen-bond donors (Lipinski definition) is 1. The van der Waals surface area contributed by atoms with Crippen molar-refractivity contribution in [1.29, 1.82) is 0 Å². The van der Waals surface area contributed by atoms with E-state index >= 15 is 0 Å². The fraction of sp³-hybridized carbons (Fsp3) is 0.273. The lowest BCUT2D eigenvalue weighted by Gasteiger charge is -2.08. The first kappa shape index (κ1) is 7.24. The van der Waals surface area contributed by atoms with Crippen molar-refractivity contribution in [2.24, 2.45) is 0 Å². The van der Waals surface area contributed by atoms with E-state index in [2.05, 4.69) is 5.92 Å². The Morgan fingerprint density at radius 1 is 1.33 bits per heavy atom. The van der Waals surface area contributed by atoms with Gasteiger partial charge >= 0.3 is 0 Å². The van der Waals surface area contributed by atoms with Gasteiger partial charge in [-0.2, -0.15) is 0 Å². The van der Waals surface area contributed by atoms with Crippen LogP contribution in [0.2, 0.25) is 0 Å². The second-order valence-electron chi connectivity index (χ2n) is 3.24. The maximum atomic E-state index is 9.52. The van der Waals surface area contributed by atoms with Gasteiger partial charge in [0.05, 0.1) is 5.41 Å². The SMILES string of the molecule is C#CC1(c2ccccc2O)CC1. The van der Waals surface area contributed by atoms with Gasteiger partial charge in [0.15, 0.2) is 0 Å². The molecule has 0 heterocycles. The largest absolute Gasteiger partial charge is 0.508 e. The van der Waals surface area contributed by atoms with Gasteiger partial charge in [0.25, 0.3) is 0 Å². The van der Waals surface area contributed by atoms with Gasteiger partial charge in [0.2, 0.25) is 0 Å². The molecular formula is C11H10O. The molecule has 1 heteroatoms. The summed E-state index contributed by atoms with van der Waals surface area (Å²) in [5.74, 6) is 3.08. The number of rotatable bonds is 1. The zero-order valence-electron chi connectivity index (χ0n) is 6.75. The van der Waals surface area contributed by atoms with Gasteiger partial charge in [-0.15, -0.1) is 6.42 Å². The van der Waals surface area contributed by atoms with Crippen LogP contribution in [0.4, 0.5) is 0 Å². The third-order valence-corrected chi connectivity index (χ3v) is 2.45. The van der Waals surface area contributed by atoms with E-state index in [1.54, 1.807) is 6.07 Å². The molecule has 1 saturated carbocycles. The van der Waals surface area contributed by atoms with Crippen LogP contribution in [0.15, 0.2) is 24.3 Å². The molecule has 0 bridgehead atoms. The predicted octanol–water partition coefficient (Wildman–Crippen LogP) is 2.06. The summed E-state index contributed by atoms with van der Waals surface area (Å²) >= 11 is 0. The highest BCUT2D eigenvalue weighted by Crippen LogP contribution is 2.50. The molecule has 2 rings (SSSR count). The van der Waals surface area contributed by atoms with Crippen LogP contribution in [-0.4, -0.2) is 5.11 Å². The zero-order valence-corrected chi connectivity index (χ0v) is 6.75. The minimum absolute atomic E-state index is 0.147. The van der Waals surface area contributed by atoms with Crippen LogP contribution >= 0.6 is 0 Å². The van der Waals surface area contributed by atoms with Crippen LogP contribution in [0, 0.1) is 12.3 Å². The van der Waals surface area contributed by atoms with E-state index in [0.717, 1.165) is 18.4 Å². The Balaban J connectivity index is 2.48. The van der Waals surface area contributed by atoms with E-state index in [-0.39, 0.29) is 5.41 Å². The molecule has 0 atom stereocenters. The molecule has 1 aliphatic carbocycles. The maximum Gasteiger partial charge on any atom is 0.120 e. The zero-order chi connectivity index (χ0) is 8.60. The van der Waals surface area contributed by atoms with Crippen molar-refractivity contribution < 1.29 is 5.11 Å².